The number of nitrogens with zero attached hydrogens (tertiary/aromatic N) is 1. The summed E-state index contributed by atoms with van der Waals surface area (Å²) in [4.78, 5) is 14.4. The van der Waals surface area contributed by atoms with Gasteiger partial charge in [0.15, 0.2) is 12.1 Å². The van der Waals surface area contributed by atoms with Crippen LogP contribution in [0.2, 0.25) is 0 Å². The van der Waals surface area contributed by atoms with Gasteiger partial charge in [0.05, 0.1) is 37.1 Å². The molecule has 2 aliphatic carbocycles. The highest BCUT2D eigenvalue weighted by atomic mass is 16.7. The number of carbonyl (C=O) groups excluding carboxylic acids is 1. The number of fused-ring (bicyclic) bond motifs is 2. The highest BCUT2D eigenvalue weighted by Gasteiger charge is 2.60. The van der Waals surface area contributed by atoms with Gasteiger partial charge in [0.2, 0.25) is 0 Å². The normalized spacial score (nSPS) is 47.9. The summed E-state index contributed by atoms with van der Waals surface area (Å²) in [6, 6.07) is 0. The number of hydrogen-bond acceptors (Lipinski definition) is 12. The fraction of sp³-hybridized carbons (Fsp3) is 0.767. The summed E-state index contributed by atoms with van der Waals surface area (Å²) in [7, 11) is 1.59. The molecule has 5 aliphatic heterocycles. The number of rotatable bonds is 4. The van der Waals surface area contributed by atoms with E-state index in [2.05, 4.69) is 32.0 Å². The average Bonchev–Trinajstić information content (AvgIpc) is 3.50. The van der Waals surface area contributed by atoms with Crippen LogP contribution in [0.25, 0.3) is 0 Å². The summed E-state index contributed by atoms with van der Waals surface area (Å²) in [5.74, 6) is -1.83. The van der Waals surface area contributed by atoms with Gasteiger partial charge < -0.3 is 48.6 Å². The Balaban J connectivity index is 1.25. The first-order valence-electron chi connectivity index (χ1n) is 20.7. The van der Waals surface area contributed by atoms with Crippen molar-refractivity contribution in [2.75, 3.05) is 13.7 Å². The lowest BCUT2D eigenvalue weighted by atomic mass is 9.71. The summed E-state index contributed by atoms with van der Waals surface area (Å²) in [5.41, 5.74) is 0.362. The molecule has 0 unspecified atom stereocenters. The number of ether oxygens (including phenoxy) is 7. The average molecular weight is 770 g/mol. The topological polar surface area (TPSA) is 155 Å². The second kappa shape index (κ2) is 16.8. The van der Waals surface area contributed by atoms with Crippen molar-refractivity contribution in [1.82, 2.24) is 0 Å². The van der Waals surface area contributed by atoms with Crippen LogP contribution in [0, 0.1) is 23.7 Å². The quantitative estimate of drug-likeness (QED) is 0.132. The van der Waals surface area contributed by atoms with E-state index in [-0.39, 0.29) is 30.4 Å². The Morgan fingerprint density at radius 1 is 1.02 bits per heavy atom. The zero-order valence-corrected chi connectivity index (χ0v) is 33.4. The van der Waals surface area contributed by atoms with E-state index in [9.17, 15) is 20.2 Å². The molecule has 0 aromatic heterocycles. The molecule has 0 amide bonds. The van der Waals surface area contributed by atoms with Gasteiger partial charge in [-0.1, -0.05) is 68.6 Å². The SMILES string of the molecule is CO[C@@H]1C[C@@H](O[C@H]2/C(C)=C/C[C@H]3C[C@@H](C[C@@]4(CC[C@H](C)[C@@H](C5CCCCC5)O4)O3)OC(=O)[C@H]3C=C(C)/C(=N\O)[C@H]4OC/C(=C\C=C\[C@H]2C)[C@]34O)O[C@H](C)[C@H]1O. The number of methoxy groups -OCH3 is 1. The van der Waals surface area contributed by atoms with E-state index < -0.39 is 66.2 Å². The molecule has 0 radical (unpaired) electrons. The van der Waals surface area contributed by atoms with Gasteiger partial charge in [-0.15, -0.1) is 0 Å². The molecular formula is C43H63NO11. The van der Waals surface area contributed by atoms with E-state index in [1.165, 1.54) is 19.3 Å². The molecule has 7 aliphatic rings. The van der Waals surface area contributed by atoms with Gasteiger partial charge in [-0.25, -0.2) is 0 Å². The monoisotopic (exact) mass is 769 g/mol. The van der Waals surface area contributed by atoms with Gasteiger partial charge in [0.1, 0.15) is 35.5 Å². The van der Waals surface area contributed by atoms with Gasteiger partial charge in [0.25, 0.3) is 0 Å². The lowest BCUT2D eigenvalue weighted by Crippen LogP contribution is -2.57. The van der Waals surface area contributed by atoms with E-state index >= 15 is 0 Å². The fourth-order valence-electron chi connectivity index (χ4n) is 10.4. The van der Waals surface area contributed by atoms with Crippen molar-refractivity contribution in [1.29, 1.82) is 0 Å². The molecule has 4 saturated heterocycles. The minimum Gasteiger partial charge on any atom is -0.462 e. The first-order chi connectivity index (χ1) is 26.4. The van der Waals surface area contributed by atoms with E-state index in [4.69, 9.17) is 33.2 Å². The number of oxime groups is 1. The molecule has 5 fully saturated rings. The molecule has 306 valence electrons. The summed E-state index contributed by atoms with van der Waals surface area (Å²) < 4.78 is 45.1. The standard InChI is InChI=1S/C43H63NO11/c1-24-11-10-14-30-23-50-40-36(44-48)27(4)19-33(43(30,40)47)41(46)52-32-20-31(16-15-25(2)38(24)53-35-21-34(49-6)37(45)28(5)51-35)54-42(22-32)18-17-26(3)39(55-42)29-12-8-7-9-13-29/h10-11,14-15,19,24,26,28-29,31-35,37-40,45,47-48H,7-9,12-13,16-18,20-23H2,1-6H3/b11-10+,25-15+,30-14+,44-36+/t24-,26+,28-,31+,32+,33-,34-,35-,37-,38-,39+,40-,42+,43+/m1/s1. The van der Waals surface area contributed by atoms with Gasteiger partial charge in [-0.3, -0.25) is 4.79 Å². The van der Waals surface area contributed by atoms with Gasteiger partial charge in [0, 0.05) is 38.7 Å². The first kappa shape index (κ1) is 40.8. The van der Waals surface area contributed by atoms with Crippen LogP contribution in [0.5, 0.6) is 0 Å². The fourth-order valence-corrected chi connectivity index (χ4v) is 10.4. The van der Waals surface area contributed by atoms with Gasteiger partial charge in [-0.05, 0) is 75.0 Å². The number of carbonyl (C=O) groups is 1. The summed E-state index contributed by atoms with van der Waals surface area (Å²) in [5, 5.41) is 36.7. The van der Waals surface area contributed by atoms with Crippen molar-refractivity contribution in [3.63, 3.8) is 0 Å². The predicted molar refractivity (Wildman–Crippen MR) is 203 cm³/mol. The van der Waals surface area contributed by atoms with Gasteiger partial charge in [-0.2, -0.15) is 0 Å². The highest BCUT2D eigenvalue weighted by Crippen LogP contribution is 2.48. The smallest absolute Gasteiger partial charge is 0.316 e. The van der Waals surface area contributed by atoms with Crippen LogP contribution < -0.4 is 0 Å². The maximum atomic E-state index is 14.4. The van der Waals surface area contributed by atoms with Crippen molar-refractivity contribution in [3.05, 3.63) is 47.1 Å². The molecule has 12 nitrogen and oxygen atoms in total. The third-order valence-corrected chi connectivity index (χ3v) is 13.6. The van der Waals surface area contributed by atoms with E-state index in [1.54, 1.807) is 26.2 Å². The van der Waals surface area contributed by atoms with Crippen LogP contribution in [0.3, 0.4) is 0 Å². The van der Waals surface area contributed by atoms with Gasteiger partial charge >= 0.3 is 5.97 Å². The van der Waals surface area contributed by atoms with Crippen molar-refractivity contribution < 1.29 is 53.4 Å². The second-order valence-electron chi connectivity index (χ2n) is 17.4. The molecule has 12 heteroatoms. The van der Waals surface area contributed by atoms with Crippen molar-refractivity contribution in [2.24, 2.45) is 28.8 Å². The zero-order valence-electron chi connectivity index (χ0n) is 33.4. The summed E-state index contributed by atoms with van der Waals surface area (Å²) in [6.45, 7) is 10.0. The summed E-state index contributed by atoms with van der Waals surface area (Å²) in [6.07, 6.45) is 14.4. The van der Waals surface area contributed by atoms with E-state index in [0.717, 1.165) is 24.8 Å². The first-order valence-corrected chi connectivity index (χ1v) is 20.7. The second-order valence-corrected chi connectivity index (χ2v) is 17.4. The molecule has 1 saturated carbocycles. The van der Waals surface area contributed by atoms with Crippen molar-refractivity contribution in [2.45, 2.75) is 172 Å². The third-order valence-electron chi connectivity index (χ3n) is 13.6. The van der Waals surface area contributed by atoms with Crippen LogP contribution in [0.4, 0.5) is 0 Å². The molecule has 0 aromatic rings. The Hall–Kier alpha value is -2.42. The van der Waals surface area contributed by atoms with E-state index in [0.29, 0.717) is 55.1 Å². The molecule has 5 heterocycles. The maximum Gasteiger partial charge on any atom is 0.316 e. The molecular weight excluding hydrogens is 706 g/mol. The lowest BCUT2D eigenvalue weighted by Gasteiger charge is -2.51. The minimum atomic E-state index is -1.83. The molecule has 14 atom stereocenters. The predicted octanol–water partition coefficient (Wildman–Crippen LogP) is 6.07. The lowest BCUT2D eigenvalue weighted by molar-refractivity contribution is -0.342. The van der Waals surface area contributed by atoms with Crippen LogP contribution in [0.1, 0.15) is 105 Å². The molecule has 2 bridgehead atoms. The number of aliphatic hydroxyl groups is 2. The van der Waals surface area contributed by atoms with Crippen LogP contribution in [-0.4, -0.2) is 107 Å². The third kappa shape index (κ3) is 8.17. The Kier molecular flexibility index (Phi) is 12.5. The Labute approximate surface area is 325 Å². The van der Waals surface area contributed by atoms with Crippen LogP contribution in [-0.2, 0) is 38.0 Å². The number of aliphatic hydroxyl groups excluding tert-OH is 1. The Bertz CT molecular complexity index is 1550. The molecule has 3 N–H and O–H groups in total. The molecule has 0 aromatic carbocycles. The summed E-state index contributed by atoms with van der Waals surface area (Å²) >= 11 is 0. The Morgan fingerprint density at radius 2 is 1.80 bits per heavy atom. The highest BCUT2D eigenvalue weighted by molar-refractivity contribution is 6.06. The number of allylic oxidation sites excluding steroid dienone is 2. The largest absolute Gasteiger partial charge is 0.462 e. The number of hydrogen-bond donors (Lipinski definition) is 3. The molecule has 7 rings (SSSR count). The number of esters is 1. The van der Waals surface area contributed by atoms with Crippen molar-refractivity contribution in [3.8, 4) is 0 Å². The Morgan fingerprint density at radius 3 is 2.55 bits per heavy atom. The van der Waals surface area contributed by atoms with Crippen LogP contribution >= 0.6 is 0 Å². The van der Waals surface area contributed by atoms with E-state index in [1.807, 2.05) is 19.1 Å². The molecule has 1 spiro atoms. The maximum absolute atomic E-state index is 14.4. The van der Waals surface area contributed by atoms with Crippen LogP contribution in [0.15, 0.2) is 52.3 Å². The van der Waals surface area contributed by atoms with Crippen molar-refractivity contribution >= 4 is 11.7 Å². The molecule has 55 heavy (non-hydrogen) atoms. The zero-order chi connectivity index (χ0) is 39.1. The minimum absolute atomic E-state index is 0.0359.